The maximum Gasteiger partial charge on any atom is 0.0146 e. The van der Waals surface area contributed by atoms with Gasteiger partial charge in [-0.2, -0.15) is 0 Å². The second-order valence-corrected chi connectivity index (χ2v) is 3.05. The molecule has 1 aliphatic rings. The summed E-state index contributed by atoms with van der Waals surface area (Å²) in [5.41, 5.74) is 4.15. The van der Waals surface area contributed by atoms with Gasteiger partial charge in [0.15, 0.2) is 0 Å². The van der Waals surface area contributed by atoms with E-state index in [2.05, 4.69) is 44.3 Å². The highest BCUT2D eigenvalue weighted by Crippen LogP contribution is 2.23. The summed E-state index contributed by atoms with van der Waals surface area (Å²) in [6.07, 6.45) is 8.68. The lowest BCUT2D eigenvalue weighted by molar-refractivity contribution is 0.776. The van der Waals surface area contributed by atoms with Crippen LogP contribution in [0.2, 0.25) is 0 Å². The summed E-state index contributed by atoms with van der Waals surface area (Å²) >= 11 is 0. The van der Waals surface area contributed by atoms with Crippen LogP contribution in [0.1, 0.15) is 33.6 Å². The van der Waals surface area contributed by atoms with Gasteiger partial charge in [-0.3, -0.25) is 0 Å². The van der Waals surface area contributed by atoms with E-state index in [0.29, 0.717) is 0 Å². The summed E-state index contributed by atoms with van der Waals surface area (Å²) < 4.78 is 0. The molecule has 1 nitrogen and oxygen atoms in total. The minimum absolute atomic E-state index is 1.09. The van der Waals surface area contributed by atoms with E-state index in [1.54, 1.807) is 0 Å². The average Bonchev–Trinajstić information content (AvgIpc) is 2.16. The van der Waals surface area contributed by atoms with Gasteiger partial charge in [-0.15, -0.1) is 0 Å². The minimum Gasteiger partial charge on any atom is -0.362 e. The van der Waals surface area contributed by atoms with Gasteiger partial charge in [0.05, 0.1) is 0 Å². The second kappa shape index (κ2) is 4.15. The Morgan fingerprint density at radius 3 is 1.75 bits per heavy atom. The third kappa shape index (κ3) is 2.00. The molecule has 0 aliphatic carbocycles. The van der Waals surface area contributed by atoms with Gasteiger partial charge in [-0.25, -0.2) is 0 Å². The van der Waals surface area contributed by atoms with Crippen molar-refractivity contribution in [3.8, 4) is 0 Å². The molecular formula is C11H17N. The van der Waals surface area contributed by atoms with E-state index >= 15 is 0 Å². The predicted octanol–water partition coefficient (Wildman–Crippen LogP) is 3.12. The Bertz CT molecular complexity index is 189. The van der Waals surface area contributed by atoms with Crippen LogP contribution < -0.4 is 5.32 Å². The molecule has 0 radical (unpaired) electrons. The number of allylic oxidation sites excluding steroid dienone is 5. The number of hydrogen-bond acceptors (Lipinski definition) is 1. The molecule has 0 spiro atoms. The number of nitrogens with one attached hydrogen (secondary N) is 1. The van der Waals surface area contributed by atoms with Gasteiger partial charge in [0.25, 0.3) is 0 Å². The zero-order valence-electron chi connectivity index (χ0n) is 8.15. The standard InChI is InChI=1S/C11H17N/c1-4-9-7-10(5-2)12-11(6-3)8-9/h4-6,12H,7-8H2,1-3H3. The van der Waals surface area contributed by atoms with Crippen LogP contribution in [-0.4, -0.2) is 0 Å². The second-order valence-electron chi connectivity index (χ2n) is 3.05. The lowest BCUT2D eigenvalue weighted by Gasteiger charge is -2.22. The van der Waals surface area contributed by atoms with E-state index < -0.39 is 0 Å². The van der Waals surface area contributed by atoms with Crippen LogP contribution in [0.4, 0.5) is 0 Å². The third-order valence-corrected chi connectivity index (χ3v) is 2.26. The van der Waals surface area contributed by atoms with Gasteiger partial charge < -0.3 is 5.32 Å². The van der Waals surface area contributed by atoms with Crippen molar-refractivity contribution < 1.29 is 0 Å². The molecule has 0 bridgehead atoms. The van der Waals surface area contributed by atoms with Crippen LogP contribution >= 0.6 is 0 Å². The van der Waals surface area contributed by atoms with E-state index in [1.165, 1.54) is 17.0 Å². The summed E-state index contributed by atoms with van der Waals surface area (Å²) in [6, 6.07) is 0. The van der Waals surface area contributed by atoms with Gasteiger partial charge in [0.1, 0.15) is 0 Å². The van der Waals surface area contributed by atoms with Crippen molar-refractivity contribution in [3.05, 3.63) is 35.2 Å². The zero-order valence-corrected chi connectivity index (χ0v) is 8.15. The van der Waals surface area contributed by atoms with Crippen molar-refractivity contribution in [1.29, 1.82) is 0 Å². The Hall–Kier alpha value is -0.980. The molecule has 12 heavy (non-hydrogen) atoms. The first-order valence-electron chi connectivity index (χ1n) is 4.51. The molecule has 1 heterocycles. The monoisotopic (exact) mass is 163 g/mol. The van der Waals surface area contributed by atoms with Crippen LogP contribution in [-0.2, 0) is 0 Å². The van der Waals surface area contributed by atoms with E-state index in [9.17, 15) is 0 Å². The summed E-state index contributed by atoms with van der Waals surface area (Å²) in [4.78, 5) is 0. The minimum atomic E-state index is 1.09. The first-order valence-corrected chi connectivity index (χ1v) is 4.51. The highest BCUT2D eigenvalue weighted by Gasteiger charge is 2.11. The first kappa shape index (κ1) is 9.11. The topological polar surface area (TPSA) is 12.0 Å². The molecule has 0 atom stereocenters. The Labute approximate surface area is 74.9 Å². The van der Waals surface area contributed by atoms with Crippen LogP contribution in [0.15, 0.2) is 35.2 Å². The fourth-order valence-electron chi connectivity index (χ4n) is 1.40. The Kier molecular flexibility index (Phi) is 3.15. The number of hydrogen-bond donors (Lipinski definition) is 1. The highest BCUT2D eigenvalue weighted by atomic mass is 14.9. The summed E-state index contributed by atoms with van der Waals surface area (Å²) in [6.45, 7) is 6.27. The van der Waals surface area contributed by atoms with Crippen molar-refractivity contribution in [3.63, 3.8) is 0 Å². The van der Waals surface area contributed by atoms with Gasteiger partial charge in [-0.05, 0) is 20.8 Å². The van der Waals surface area contributed by atoms with E-state index in [4.69, 9.17) is 0 Å². The van der Waals surface area contributed by atoms with Gasteiger partial charge in [0.2, 0.25) is 0 Å². The summed E-state index contributed by atoms with van der Waals surface area (Å²) in [5.74, 6) is 0. The highest BCUT2D eigenvalue weighted by molar-refractivity contribution is 5.27. The SMILES string of the molecule is CC=C1CC(=CC)NC(=CC)C1. The maximum absolute atomic E-state index is 3.40. The lowest BCUT2D eigenvalue weighted by atomic mass is 9.99. The van der Waals surface area contributed by atoms with E-state index in [-0.39, 0.29) is 0 Å². The van der Waals surface area contributed by atoms with Crippen LogP contribution in [0.3, 0.4) is 0 Å². The van der Waals surface area contributed by atoms with Crippen molar-refractivity contribution in [2.45, 2.75) is 33.6 Å². The number of rotatable bonds is 0. The number of piperidine rings is 1. The van der Waals surface area contributed by atoms with Crippen molar-refractivity contribution >= 4 is 0 Å². The quantitative estimate of drug-likeness (QED) is 0.541. The molecule has 1 aliphatic heterocycles. The fraction of sp³-hybridized carbons (Fsp3) is 0.455. The molecule has 1 fully saturated rings. The van der Waals surface area contributed by atoms with Gasteiger partial charge in [0, 0.05) is 24.2 Å². The van der Waals surface area contributed by atoms with Gasteiger partial charge in [-0.1, -0.05) is 23.8 Å². The first-order chi connectivity index (χ1) is 5.80. The smallest absolute Gasteiger partial charge is 0.0146 e. The van der Waals surface area contributed by atoms with Crippen molar-refractivity contribution in [1.82, 2.24) is 5.32 Å². The fourth-order valence-corrected chi connectivity index (χ4v) is 1.40. The van der Waals surface area contributed by atoms with Crippen molar-refractivity contribution in [2.24, 2.45) is 0 Å². The van der Waals surface area contributed by atoms with E-state index in [0.717, 1.165) is 12.8 Å². The molecule has 0 amide bonds. The molecule has 66 valence electrons. The molecular weight excluding hydrogens is 146 g/mol. The molecule has 1 saturated heterocycles. The maximum atomic E-state index is 3.40. The molecule has 0 saturated carbocycles. The predicted molar refractivity (Wildman–Crippen MR) is 53.6 cm³/mol. The lowest BCUT2D eigenvalue weighted by Crippen LogP contribution is -2.19. The Morgan fingerprint density at radius 2 is 1.42 bits per heavy atom. The molecule has 0 unspecified atom stereocenters. The normalized spacial score (nSPS) is 24.4. The molecule has 1 heteroatoms. The molecule has 0 aromatic rings. The molecule has 0 aromatic heterocycles. The third-order valence-electron chi connectivity index (χ3n) is 2.26. The molecule has 1 N–H and O–H groups in total. The van der Waals surface area contributed by atoms with Gasteiger partial charge >= 0.3 is 0 Å². The average molecular weight is 163 g/mol. The molecule has 1 rings (SSSR count). The largest absolute Gasteiger partial charge is 0.362 e. The Morgan fingerprint density at radius 1 is 0.917 bits per heavy atom. The van der Waals surface area contributed by atoms with E-state index in [1.807, 2.05) is 0 Å². The van der Waals surface area contributed by atoms with Crippen LogP contribution in [0.5, 0.6) is 0 Å². The van der Waals surface area contributed by atoms with Crippen molar-refractivity contribution in [2.75, 3.05) is 0 Å². The summed E-state index contributed by atoms with van der Waals surface area (Å²) in [5, 5.41) is 3.40. The summed E-state index contributed by atoms with van der Waals surface area (Å²) in [7, 11) is 0. The molecule has 0 aromatic carbocycles. The van der Waals surface area contributed by atoms with Crippen LogP contribution in [0, 0.1) is 0 Å². The zero-order chi connectivity index (χ0) is 8.97. The Balaban J connectivity index is 2.79. The van der Waals surface area contributed by atoms with Crippen LogP contribution in [0.25, 0.3) is 0 Å².